The second-order valence-corrected chi connectivity index (χ2v) is 2.57. The zero-order chi connectivity index (χ0) is 7.72. The number of hydrogen-bond donors (Lipinski definition) is 2. The van der Waals surface area contributed by atoms with Crippen molar-refractivity contribution in [2.24, 2.45) is 0 Å². The molecule has 54 valence electrons. The fraction of sp³-hybridized carbons (Fsp3) is 0.143. The van der Waals surface area contributed by atoms with E-state index < -0.39 is 0 Å². The molecule has 1 rings (SSSR count). The quantitative estimate of drug-likeness (QED) is 0.447. The van der Waals surface area contributed by atoms with E-state index in [0.717, 1.165) is 5.56 Å². The number of hydrogen-bond acceptors (Lipinski definition) is 2. The van der Waals surface area contributed by atoms with Crippen molar-refractivity contribution in [2.75, 3.05) is 5.73 Å². The Morgan fingerprint density at radius 1 is 1.50 bits per heavy atom. The van der Waals surface area contributed by atoms with E-state index in [9.17, 15) is 0 Å². The van der Waals surface area contributed by atoms with Gasteiger partial charge in [0, 0.05) is 11.1 Å². The second kappa shape index (κ2) is 2.39. The van der Waals surface area contributed by atoms with Gasteiger partial charge in [-0.15, -0.1) is 0 Å². The van der Waals surface area contributed by atoms with Crippen molar-refractivity contribution >= 4 is 17.3 Å². The summed E-state index contributed by atoms with van der Waals surface area (Å²) in [5.41, 5.74) is 6.62. The molecule has 0 amide bonds. The first kappa shape index (κ1) is 7.22. The van der Waals surface area contributed by atoms with Crippen LogP contribution in [0.1, 0.15) is 5.56 Å². The zero-order valence-corrected chi connectivity index (χ0v) is 6.31. The van der Waals surface area contributed by atoms with Crippen LogP contribution in [0.4, 0.5) is 5.69 Å². The third-order valence-corrected chi connectivity index (χ3v) is 1.72. The molecule has 10 heavy (non-hydrogen) atoms. The van der Waals surface area contributed by atoms with Crippen LogP contribution in [-0.4, -0.2) is 5.11 Å². The van der Waals surface area contributed by atoms with Gasteiger partial charge < -0.3 is 10.8 Å². The van der Waals surface area contributed by atoms with E-state index in [0.29, 0.717) is 10.7 Å². The van der Waals surface area contributed by atoms with Crippen LogP contribution >= 0.6 is 11.6 Å². The minimum absolute atomic E-state index is 0.0376. The highest BCUT2D eigenvalue weighted by Crippen LogP contribution is 2.26. The van der Waals surface area contributed by atoms with E-state index >= 15 is 0 Å². The molecule has 0 atom stereocenters. The maximum atomic E-state index is 9.02. The van der Waals surface area contributed by atoms with Gasteiger partial charge in [-0.3, -0.25) is 0 Å². The van der Waals surface area contributed by atoms with Crippen LogP contribution in [0.15, 0.2) is 12.1 Å². The summed E-state index contributed by atoms with van der Waals surface area (Å²) in [6.45, 7) is 1.83. The van der Waals surface area contributed by atoms with Crippen LogP contribution in [0, 0.1) is 6.92 Å². The van der Waals surface area contributed by atoms with Crippen molar-refractivity contribution in [2.45, 2.75) is 6.92 Å². The van der Waals surface area contributed by atoms with Crippen molar-refractivity contribution in [3.8, 4) is 5.75 Å². The summed E-state index contributed by atoms with van der Waals surface area (Å²) in [4.78, 5) is 0. The van der Waals surface area contributed by atoms with Crippen LogP contribution in [0.2, 0.25) is 5.02 Å². The third kappa shape index (κ3) is 1.16. The molecule has 2 nitrogen and oxygen atoms in total. The van der Waals surface area contributed by atoms with E-state index in [1.54, 1.807) is 6.07 Å². The van der Waals surface area contributed by atoms with Crippen LogP contribution in [0.5, 0.6) is 5.75 Å². The molecule has 3 N–H and O–H groups in total. The van der Waals surface area contributed by atoms with E-state index in [1.807, 2.05) is 6.92 Å². The number of nitrogen functional groups attached to an aromatic ring is 1. The van der Waals surface area contributed by atoms with Crippen molar-refractivity contribution in [1.82, 2.24) is 0 Å². The summed E-state index contributed by atoms with van der Waals surface area (Å²) in [6, 6.07) is 3.07. The normalized spacial score (nSPS) is 9.80. The molecule has 0 bridgehead atoms. The molecule has 0 fully saturated rings. The topological polar surface area (TPSA) is 46.2 Å². The summed E-state index contributed by atoms with van der Waals surface area (Å²) in [7, 11) is 0. The Balaban J connectivity index is 3.28. The van der Waals surface area contributed by atoms with Gasteiger partial charge in [-0.2, -0.15) is 0 Å². The fourth-order valence-corrected chi connectivity index (χ4v) is 0.851. The molecule has 0 aliphatic rings. The van der Waals surface area contributed by atoms with Crippen LogP contribution in [0.3, 0.4) is 0 Å². The largest absolute Gasteiger partial charge is 0.506 e. The van der Waals surface area contributed by atoms with Crippen LogP contribution in [-0.2, 0) is 0 Å². The molecule has 1 aromatic carbocycles. The third-order valence-electron chi connectivity index (χ3n) is 1.31. The molecule has 0 saturated heterocycles. The molecule has 1 aromatic rings. The first-order valence-electron chi connectivity index (χ1n) is 2.86. The minimum atomic E-state index is 0.0376. The maximum absolute atomic E-state index is 9.02. The second-order valence-electron chi connectivity index (χ2n) is 2.16. The van der Waals surface area contributed by atoms with Crippen LogP contribution < -0.4 is 5.73 Å². The first-order chi connectivity index (χ1) is 4.61. The Labute approximate surface area is 64.2 Å². The van der Waals surface area contributed by atoms with Crippen LogP contribution in [0.25, 0.3) is 0 Å². The molecule has 0 unspecified atom stereocenters. The van der Waals surface area contributed by atoms with Gasteiger partial charge in [-0.05, 0) is 18.6 Å². The van der Waals surface area contributed by atoms with Gasteiger partial charge in [0.2, 0.25) is 0 Å². The molecule has 0 aliphatic carbocycles. The fourth-order valence-electron chi connectivity index (χ4n) is 0.693. The summed E-state index contributed by atoms with van der Waals surface area (Å²) in [5.74, 6) is 0.0376. The highest BCUT2D eigenvalue weighted by Gasteiger charge is 1.99. The number of rotatable bonds is 0. The van der Waals surface area contributed by atoms with Gasteiger partial charge in [-0.1, -0.05) is 11.6 Å². The standard InChI is InChI=1S/C7H8ClNO/c1-4-2-6(9)7(10)3-5(4)8/h2-3,10H,9H2,1H3. The monoisotopic (exact) mass is 157 g/mol. The van der Waals surface area contributed by atoms with Gasteiger partial charge in [0.25, 0.3) is 0 Å². The lowest BCUT2D eigenvalue weighted by molar-refractivity contribution is 0.478. The number of aryl methyl sites for hydroxylation is 1. The number of anilines is 1. The lowest BCUT2D eigenvalue weighted by Gasteiger charge is -2.01. The molecule has 0 aliphatic heterocycles. The predicted molar refractivity (Wildman–Crippen MR) is 42.3 cm³/mol. The van der Waals surface area contributed by atoms with E-state index in [1.165, 1.54) is 6.07 Å². The van der Waals surface area contributed by atoms with Crippen molar-refractivity contribution in [3.63, 3.8) is 0 Å². The van der Waals surface area contributed by atoms with E-state index in [-0.39, 0.29) is 5.75 Å². The maximum Gasteiger partial charge on any atom is 0.139 e. The molecular formula is C7H8ClNO. The smallest absolute Gasteiger partial charge is 0.139 e. The molecule has 0 spiro atoms. The predicted octanol–water partition coefficient (Wildman–Crippen LogP) is 1.94. The van der Waals surface area contributed by atoms with Crippen molar-refractivity contribution in [3.05, 3.63) is 22.7 Å². The Morgan fingerprint density at radius 2 is 2.10 bits per heavy atom. The molecule has 0 radical (unpaired) electrons. The summed E-state index contributed by atoms with van der Waals surface area (Å²) >= 11 is 5.67. The number of nitrogens with two attached hydrogens (primary N) is 1. The Hall–Kier alpha value is -0.890. The highest BCUT2D eigenvalue weighted by atomic mass is 35.5. The summed E-state index contributed by atoms with van der Waals surface area (Å²) < 4.78 is 0. The number of aromatic hydroxyl groups is 1. The first-order valence-corrected chi connectivity index (χ1v) is 3.23. The number of phenolic OH excluding ortho intramolecular Hbond substituents is 1. The molecule has 3 heteroatoms. The summed E-state index contributed by atoms with van der Waals surface area (Å²) in [5, 5.41) is 9.55. The molecule has 0 saturated carbocycles. The summed E-state index contributed by atoms with van der Waals surface area (Å²) in [6.07, 6.45) is 0. The average Bonchev–Trinajstić information content (AvgIpc) is 1.84. The van der Waals surface area contributed by atoms with Crippen molar-refractivity contribution in [1.29, 1.82) is 0 Å². The number of benzene rings is 1. The zero-order valence-electron chi connectivity index (χ0n) is 5.56. The Kier molecular flexibility index (Phi) is 1.72. The Morgan fingerprint density at radius 3 is 2.60 bits per heavy atom. The van der Waals surface area contributed by atoms with Gasteiger partial charge in [0.15, 0.2) is 0 Å². The van der Waals surface area contributed by atoms with Gasteiger partial charge in [0.1, 0.15) is 5.75 Å². The number of phenols is 1. The number of halogens is 1. The Bertz CT molecular complexity index is 210. The van der Waals surface area contributed by atoms with Gasteiger partial charge in [0.05, 0.1) is 5.69 Å². The molecule has 0 heterocycles. The van der Waals surface area contributed by atoms with E-state index in [4.69, 9.17) is 22.4 Å². The minimum Gasteiger partial charge on any atom is -0.506 e. The molecular weight excluding hydrogens is 150 g/mol. The van der Waals surface area contributed by atoms with Crippen molar-refractivity contribution < 1.29 is 5.11 Å². The lowest BCUT2D eigenvalue weighted by Crippen LogP contribution is -1.86. The van der Waals surface area contributed by atoms with E-state index in [2.05, 4.69) is 0 Å². The molecule has 0 aromatic heterocycles. The van der Waals surface area contributed by atoms with Gasteiger partial charge in [-0.25, -0.2) is 0 Å². The lowest BCUT2D eigenvalue weighted by atomic mass is 10.2. The van der Waals surface area contributed by atoms with Gasteiger partial charge >= 0.3 is 0 Å². The SMILES string of the molecule is Cc1cc(N)c(O)cc1Cl. The highest BCUT2D eigenvalue weighted by molar-refractivity contribution is 6.31. The average molecular weight is 158 g/mol.